The maximum absolute atomic E-state index is 12.5. The first-order valence-electron chi connectivity index (χ1n) is 10.3. The first kappa shape index (κ1) is 24.1. The second kappa shape index (κ2) is 10.7. The Bertz CT molecular complexity index is 931. The number of hydrogen-bond donors (Lipinski definition) is 3. The largest absolute Gasteiger partial charge is 0.332 e. The number of carbonyl (C=O) groups is 3. The van der Waals surface area contributed by atoms with Crippen LogP contribution in [0.4, 0.5) is 11.4 Å². The van der Waals surface area contributed by atoms with Crippen LogP contribution in [-0.4, -0.2) is 56.4 Å². The fourth-order valence-corrected chi connectivity index (χ4v) is 3.43. The Morgan fingerprint density at radius 1 is 0.839 bits per heavy atom. The van der Waals surface area contributed by atoms with E-state index < -0.39 is 0 Å². The molecule has 7 heteroatoms. The molecule has 3 amide bonds. The van der Waals surface area contributed by atoms with Gasteiger partial charge in [0, 0.05) is 18.4 Å². The number of likely N-dealkylation sites (N-methyl/N-ethyl adjacent to an activating group) is 2. The summed E-state index contributed by atoms with van der Waals surface area (Å²) in [4.78, 5) is 39.2. The summed E-state index contributed by atoms with van der Waals surface area (Å²) in [6, 6.07) is 11.5. The van der Waals surface area contributed by atoms with Gasteiger partial charge >= 0.3 is 0 Å². The summed E-state index contributed by atoms with van der Waals surface area (Å²) in [6.45, 7) is 8.15. The lowest BCUT2D eigenvalue weighted by Gasteiger charge is -2.20. The van der Waals surface area contributed by atoms with Gasteiger partial charge in [-0.15, -0.1) is 0 Å². The number of aryl methyl sites for hydroxylation is 4. The number of anilines is 2. The highest BCUT2D eigenvalue weighted by atomic mass is 16.2. The zero-order valence-corrected chi connectivity index (χ0v) is 19.3. The predicted octanol–water partition coefficient (Wildman–Crippen LogP) is 1.47. The van der Waals surface area contributed by atoms with Crippen LogP contribution in [0.1, 0.15) is 22.3 Å². The Labute approximate surface area is 184 Å². The lowest BCUT2D eigenvalue weighted by molar-refractivity contribution is -0.862. The minimum absolute atomic E-state index is 0.0477. The molecule has 0 aliphatic carbocycles. The van der Waals surface area contributed by atoms with E-state index >= 15 is 0 Å². The fourth-order valence-electron chi connectivity index (χ4n) is 3.43. The summed E-state index contributed by atoms with van der Waals surface area (Å²) < 4.78 is 0. The van der Waals surface area contributed by atoms with Gasteiger partial charge in [0.15, 0.2) is 13.1 Å². The van der Waals surface area contributed by atoms with Crippen molar-refractivity contribution in [1.29, 1.82) is 0 Å². The van der Waals surface area contributed by atoms with Crippen LogP contribution in [0.15, 0.2) is 36.4 Å². The van der Waals surface area contributed by atoms with Crippen LogP contribution in [-0.2, 0) is 14.4 Å². The van der Waals surface area contributed by atoms with E-state index in [0.29, 0.717) is 5.69 Å². The average Bonchev–Trinajstić information content (AvgIpc) is 2.66. The van der Waals surface area contributed by atoms with Crippen molar-refractivity contribution >= 4 is 29.1 Å². The molecule has 31 heavy (non-hydrogen) atoms. The molecule has 166 valence electrons. The SMILES string of the molecule is Cc1ccc(NC(=O)CN(C)C(=O)C[NH+](C)CC(=O)Nc2c(C)cc(C)cc2C)cc1. The molecule has 0 fully saturated rings. The number of benzene rings is 2. The molecule has 0 aliphatic rings. The maximum Gasteiger partial charge on any atom is 0.279 e. The second-order valence-electron chi connectivity index (χ2n) is 8.30. The van der Waals surface area contributed by atoms with Crippen LogP contribution in [0.25, 0.3) is 0 Å². The minimum Gasteiger partial charge on any atom is -0.332 e. The first-order chi connectivity index (χ1) is 14.5. The highest BCUT2D eigenvalue weighted by molar-refractivity contribution is 5.95. The molecule has 0 aliphatic heterocycles. The summed E-state index contributed by atoms with van der Waals surface area (Å²) in [6.07, 6.45) is 0. The van der Waals surface area contributed by atoms with Gasteiger partial charge in [-0.25, -0.2) is 0 Å². The van der Waals surface area contributed by atoms with Crippen molar-refractivity contribution in [2.75, 3.05) is 44.4 Å². The van der Waals surface area contributed by atoms with Crippen molar-refractivity contribution < 1.29 is 19.3 Å². The third-order valence-electron chi connectivity index (χ3n) is 5.00. The van der Waals surface area contributed by atoms with Gasteiger partial charge in [-0.2, -0.15) is 0 Å². The van der Waals surface area contributed by atoms with Gasteiger partial charge in [0.1, 0.15) is 0 Å². The fraction of sp³-hybridized carbons (Fsp3) is 0.375. The highest BCUT2D eigenvalue weighted by Gasteiger charge is 2.20. The molecule has 2 aromatic rings. The van der Waals surface area contributed by atoms with Gasteiger partial charge < -0.3 is 20.4 Å². The second-order valence-corrected chi connectivity index (χ2v) is 8.30. The van der Waals surface area contributed by atoms with E-state index in [1.165, 1.54) is 4.90 Å². The molecule has 2 aromatic carbocycles. The van der Waals surface area contributed by atoms with Crippen LogP contribution in [0.2, 0.25) is 0 Å². The topological polar surface area (TPSA) is 83.0 Å². The number of hydrogen-bond acceptors (Lipinski definition) is 3. The van der Waals surface area contributed by atoms with Crippen LogP contribution >= 0.6 is 0 Å². The number of nitrogens with one attached hydrogen (secondary N) is 3. The summed E-state index contributed by atoms with van der Waals surface area (Å²) in [5.74, 6) is -0.618. The molecular weight excluding hydrogens is 392 g/mol. The van der Waals surface area contributed by atoms with Crippen LogP contribution in [0.3, 0.4) is 0 Å². The molecule has 3 N–H and O–H groups in total. The number of nitrogens with zero attached hydrogens (tertiary/aromatic N) is 1. The van der Waals surface area contributed by atoms with Gasteiger partial charge in [-0.05, 0) is 51.0 Å². The van der Waals surface area contributed by atoms with E-state index in [0.717, 1.165) is 32.8 Å². The van der Waals surface area contributed by atoms with E-state index in [4.69, 9.17) is 0 Å². The number of amides is 3. The van der Waals surface area contributed by atoms with Crippen molar-refractivity contribution in [2.45, 2.75) is 27.7 Å². The molecule has 0 radical (unpaired) electrons. The van der Waals surface area contributed by atoms with E-state index in [1.807, 2.05) is 64.1 Å². The van der Waals surface area contributed by atoms with E-state index in [9.17, 15) is 14.4 Å². The number of rotatable bonds is 8. The summed E-state index contributed by atoms with van der Waals surface area (Å²) in [5.41, 5.74) is 5.79. The van der Waals surface area contributed by atoms with Crippen molar-refractivity contribution in [2.24, 2.45) is 0 Å². The van der Waals surface area contributed by atoms with E-state index in [-0.39, 0.29) is 37.4 Å². The molecule has 0 bridgehead atoms. The summed E-state index contributed by atoms with van der Waals surface area (Å²) >= 11 is 0. The van der Waals surface area contributed by atoms with Crippen LogP contribution in [0, 0.1) is 27.7 Å². The third kappa shape index (κ3) is 7.53. The molecule has 1 unspecified atom stereocenters. The van der Waals surface area contributed by atoms with Crippen molar-refractivity contribution in [3.63, 3.8) is 0 Å². The number of quaternary nitrogens is 1. The van der Waals surface area contributed by atoms with Crippen molar-refractivity contribution in [1.82, 2.24) is 4.90 Å². The molecule has 0 saturated carbocycles. The standard InChI is InChI=1S/C24H32N4O3/c1-16-7-9-20(10-8-16)25-22(30)14-28(6)23(31)15-27(5)13-21(29)26-24-18(3)11-17(2)12-19(24)4/h7-12H,13-15H2,1-6H3,(H,25,30)(H,26,29)/p+1. The Kier molecular flexibility index (Phi) is 8.33. The lowest BCUT2D eigenvalue weighted by atomic mass is 10.1. The first-order valence-corrected chi connectivity index (χ1v) is 10.3. The zero-order valence-electron chi connectivity index (χ0n) is 19.3. The predicted molar refractivity (Wildman–Crippen MR) is 123 cm³/mol. The van der Waals surface area contributed by atoms with E-state index in [2.05, 4.69) is 10.6 Å². The maximum atomic E-state index is 12.5. The Balaban J connectivity index is 1.82. The van der Waals surface area contributed by atoms with Gasteiger partial charge in [0.25, 0.3) is 11.8 Å². The molecule has 0 heterocycles. The lowest BCUT2D eigenvalue weighted by Crippen LogP contribution is -3.11. The Morgan fingerprint density at radius 3 is 2.00 bits per heavy atom. The van der Waals surface area contributed by atoms with Crippen molar-refractivity contribution in [3.05, 3.63) is 58.7 Å². The smallest absolute Gasteiger partial charge is 0.279 e. The van der Waals surface area contributed by atoms with Gasteiger partial charge in [-0.3, -0.25) is 14.4 Å². The van der Waals surface area contributed by atoms with Gasteiger partial charge in [-0.1, -0.05) is 35.4 Å². The van der Waals surface area contributed by atoms with Gasteiger partial charge in [0.05, 0.1) is 13.6 Å². The van der Waals surface area contributed by atoms with Crippen LogP contribution < -0.4 is 15.5 Å². The third-order valence-corrected chi connectivity index (χ3v) is 5.00. The summed E-state index contributed by atoms with van der Waals surface area (Å²) in [7, 11) is 3.37. The molecule has 7 nitrogen and oxygen atoms in total. The van der Waals surface area contributed by atoms with E-state index in [1.54, 1.807) is 14.1 Å². The molecule has 0 spiro atoms. The Morgan fingerprint density at radius 2 is 1.42 bits per heavy atom. The average molecular weight is 426 g/mol. The molecule has 0 saturated heterocycles. The van der Waals surface area contributed by atoms with Gasteiger partial charge in [0.2, 0.25) is 5.91 Å². The molecule has 1 atom stereocenters. The molecule has 0 aromatic heterocycles. The highest BCUT2D eigenvalue weighted by Crippen LogP contribution is 2.21. The van der Waals surface area contributed by atoms with Crippen molar-refractivity contribution in [3.8, 4) is 0 Å². The normalized spacial score (nSPS) is 11.5. The minimum atomic E-state index is -0.263. The molecule has 2 rings (SSSR count). The summed E-state index contributed by atoms with van der Waals surface area (Å²) in [5, 5.41) is 5.73. The number of carbonyl (C=O) groups excluding carboxylic acids is 3. The van der Waals surface area contributed by atoms with Crippen LogP contribution in [0.5, 0.6) is 0 Å². The monoisotopic (exact) mass is 425 g/mol. The zero-order chi connectivity index (χ0) is 23.1. The quantitative estimate of drug-likeness (QED) is 0.599. The Hall–Kier alpha value is -3.19. The molecular formula is C24H33N4O3+.